The molecule has 22 heavy (non-hydrogen) atoms. The molecule has 120 valence electrons. The van der Waals surface area contributed by atoms with Crippen LogP contribution in [0.2, 0.25) is 0 Å². The zero-order chi connectivity index (χ0) is 16.7. The zero-order valence-electron chi connectivity index (χ0n) is 12.8. The van der Waals surface area contributed by atoms with Crippen molar-refractivity contribution in [3.8, 4) is 0 Å². The van der Waals surface area contributed by atoms with Crippen molar-refractivity contribution >= 4 is 23.6 Å². The van der Waals surface area contributed by atoms with E-state index in [9.17, 15) is 14.4 Å². The molecule has 3 amide bonds. The standard InChI is InChI=1S/C15H21N3O4/c1-4-12(14(20)21)18-13(19)10-6-5-7-11(8-10)17-15(22)16-9(2)3/h5-9,12H,4H2,1-3H3,(H,18,19)(H,20,21)(H2,16,17,22). The second kappa shape index (κ2) is 8.02. The van der Waals surface area contributed by atoms with Crippen LogP contribution in [-0.2, 0) is 4.79 Å². The van der Waals surface area contributed by atoms with E-state index in [4.69, 9.17) is 5.11 Å². The minimum absolute atomic E-state index is 0.00707. The fourth-order valence-corrected chi connectivity index (χ4v) is 1.75. The number of carbonyl (C=O) groups is 3. The molecule has 1 aromatic rings. The van der Waals surface area contributed by atoms with Gasteiger partial charge in [0.2, 0.25) is 0 Å². The molecule has 0 fully saturated rings. The number of benzene rings is 1. The summed E-state index contributed by atoms with van der Waals surface area (Å²) < 4.78 is 0. The Labute approximate surface area is 129 Å². The van der Waals surface area contributed by atoms with E-state index in [0.29, 0.717) is 5.69 Å². The summed E-state index contributed by atoms with van der Waals surface area (Å²) in [5, 5.41) is 16.7. The van der Waals surface area contributed by atoms with Crippen molar-refractivity contribution in [2.45, 2.75) is 39.3 Å². The van der Waals surface area contributed by atoms with Crippen LogP contribution in [0.4, 0.5) is 10.5 Å². The number of hydrogen-bond donors (Lipinski definition) is 4. The molecule has 0 aliphatic rings. The van der Waals surface area contributed by atoms with Gasteiger partial charge in [0.1, 0.15) is 6.04 Å². The molecule has 0 saturated heterocycles. The van der Waals surface area contributed by atoms with Crippen LogP contribution in [0.15, 0.2) is 24.3 Å². The highest BCUT2D eigenvalue weighted by Gasteiger charge is 2.18. The summed E-state index contributed by atoms with van der Waals surface area (Å²) in [6.07, 6.45) is 0.288. The largest absolute Gasteiger partial charge is 0.480 e. The van der Waals surface area contributed by atoms with Crippen molar-refractivity contribution < 1.29 is 19.5 Å². The number of carboxylic acids is 1. The number of amides is 3. The molecular weight excluding hydrogens is 286 g/mol. The minimum Gasteiger partial charge on any atom is -0.480 e. The summed E-state index contributed by atoms with van der Waals surface area (Å²) in [4.78, 5) is 34.6. The average Bonchev–Trinajstić information content (AvgIpc) is 2.43. The molecule has 0 spiro atoms. The van der Waals surface area contributed by atoms with Crippen LogP contribution >= 0.6 is 0 Å². The maximum absolute atomic E-state index is 12.0. The van der Waals surface area contributed by atoms with E-state index in [1.165, 1.54) is 6.07 Å². The van der Waals surface area contributed by atoms with Gasteiger partial charge in [0.25, 0.3) is 5.91 Å². The van der Waals surface area contributed by atoms with Gasteiger partial charge in [-0.05, 0) is 38.5 Å². The lowest BCUT2D eigenvalue weighted by Gasteiger charge is -2.13. The van der Waals surface area contributed by atoms with Crippen molar-refractivity contribution in [3.05, 3.63) is 29.8 Å². The summed E-state index contributed by atoms with van der Waals surface area (Å²) in [6.45, 7) is 5.34. The molecule has 0 aliphatic heterocycles. The number of nitrogens with one attached hydrogen (secondary N) is 3. The zero-order valence-corrected chi connectivity index (χ0v) is 12.8. The van der Waals surface area contributed by atoms with Gasteiger partial charge in [0.05, 0.1) is 0 Å². The molecule has 1 rings (SSSR count). The first-order valence-electron chi connectivity index (χ1n) is 7.04. The van der Waals surface area contributed by atoms with Crippen molar-refractivity contribution in [2.75, 3.05) is 5.32 Å². The highest BCUT2D eigenvalue weighted by Crippen LogP contribution is 2.11. The third-order valence-corrected chi connectivity index (χ3v) is 2.81. The van der Waals surface area contributed by atoms with Crippen LogP contribution in [0.5, 0.6) is 0 Å². The van der Waals surface area contributed by atoms with E-state index in [2.05, 4.69) is 16.0 Å². The van der Waals surface area contributed by atoms with E-state index in [0.717, 1.165) is 0 Å². The van der Waals surface area contributed by atoms with Crippen LogP contribution in [0, 0.1) is 0 Å². The van der Waals surface area contributed by atoms with Gasteiger partial charge < -0.3 is 21.1 Å². The van der Waals surface area contributed by atoms with Crippen LogP contribution in [0.1, 0.15) is 37.6 Å². The molecule has 0 radical (unpaired) electrons. The number of aliphatic carboxylic acids is 1. The smallest absolute Gasteiger partial charge is 0.326 e. The molecule has 0 aliphatic carbocycles. The Kier molecular flexibility index (Phi) is 6.37. The average molecular weight is 307 g/mol. The van der Waals surface area contributed by atoms with Gasteiger partial charge in [-0.3, -0.25) is 4.79 Å². The lowest BCUT2D eigenvalue weighted by molar-refractivity contribution is -0.139. The molecule has 0 aromatic heterocycles. The predicted molar refractivity (Wildman–Crippen MR) is 82.9 cm³/mol. The molecule has 7 heteroatoms. The summed E-state index contributed by atoms with van der Waals surface area (Å²) in [6, 6.07) is 4.98. The monoisotopic (exact) mass is 307 g/mol. The highest BCUT2D eigenvalue weighted by atomic mass is 16.4. The Morgan fingerprint density at radius 3 is 2.41 bits per heavy atom. The Bertz CT molecular complexity index is 557. The molecular formula is C15H21N3O4. The van der Waals surface area contributed by atoms with Gasteiger partial charge in [-0.15, -0.1) is 0 Å². The molecule has 1 unspecified atom stereocenters. The second-order valence-corrected chi connectivity index (χ2v) is 5.11. The lowest BCUT2D eigenvalue weighted by atomic mass is 10.1. The van der Waals surface area contributed by atoms with Crippen LogP contribution < -0.4 is 16.0 Å². The van der Waals surface area contributed by atoms with E-state index in [-0.39, 0.29) is 24.1 Å². The van der Waals surface area contributed by atoms with Gasteiger partial charge in [0.15, 0.2) is 0 Å². The topological polar surface area (TPSA) is 108 Å². The third kappa shape index (κ3) is 5.43. The van der Waals surface area contributed by atoms with E-state index < -0.39 is 17.9 Å². The number of hydrogen-bond acceptors (Lipinski definition) is 3. The first-order chi connectivity index (χ1) is 10.3. The molecule has 0 bridgehead atoms. The van der Waals surface area contributed by atoms with Crippen molar-refractivity contribution in [1.82, 2.24) is 10.6 Å². The first-order valence-corrected chi connectivity index (χ1v) is 7.04. The maximum atomic E-state index is 12.0. The quantitative estimate of drug-likeness (QED) is 0.643. The van der Waals surface area contributed by atoms with Crippen molar-refractivity contribution in [1.29, 1.82) is 0 Å². The second-order valence-electron chi connectivity index (χ2n) is 5.11. The van der Waals surface area contributed by atoms with Gasteiger partial charge in [0, 0.05) is 17.3 Å². The van der Waals surface area contributed by atoms with Crippen molar-refractivity contribution in [2.24, 2.45) is 0 Å². The van der Waals surface area contributed by atoms with Crippen LogP contribution in [0.25, 0.3) is 0 Å². The number of rotatable bonds is 6. The van der Waals surface area contributed by atoms with Gasteiger partial charge in [-0.1, -0.05) is 13.0 Å². The SMILES string of the molecule is CCC(NC(=O)c1cccc(NC(=O)NC(C)C)c1)C(=O)O. The lowest BCUT2D eigenvalue weighted by Crippen LogP contribution is -2.40. The molecule has 1 aromatic carbocycles. The normalized spacial score (nSPS) is 11.6. The summed E-state index contributed by atoms with van der Waals surface area (Å²) >= 11 is 0. The summed E-state index contributed by atoms with van der Waals surface area (Å²) in [5.74, 6) is -1.58. The van der Waals surface area contributed by atoms with E-state index >= 15 is 0 Å². The number of carboxylic acid groups (broad SMARTS) is 1. The van der Waals surface area contributed by atoms with E-state index in [1.807, 2.05) is 13.8 Å². The Balaban J connectivity index is 2.76. The summed E-state index contributed by atoms with van der Waals surface area (Å²) in [7, 11) is 0. The Morgan fingerprint density at radius 2 is 1.86 bits per heavy atom. The number of urea groups is 1. The van der Waals surface area contributed by atoms with Gasteiger partial charge >= 0.3 is 12.0 Å². The molecule has 1 atom stereocenters. The fraction of sp³-hybridized carbons (Fsp3) is 0.400. The maximum Gasteiger partial charge on any atom is 0.326 e. The Morgan fingerprint density at radius 1 is 1.18 bits per heavy atom. The molecule has 0 heterocycles. The molecule has 4 N–H and O–H groups in total. The number of carbonyl (C=O) groups excluding carboxylic acids is 2. The first kappa shape index (κ1) is 17.5. The minimum atomic E-state index is -1.08. The van der Waals surface area contributed by atoms with Gasteiger partial charge in [-0.25, -0.2) is 9.59 Å². The summed E-state index contributed by atoms with van der Waals surface area (Å²) in [5.41, 5.74) is 0.733. The van der Waals surface area contributed by atoms with E-state index in [1.54, 1.807) is 25.1 Å². The van der Waals surface area contributed by atoms with Crippen molar-refractivity contribution in [3.63, 3.8) is 0 Å². The third-order valence-electron chi connectivity index (χ3n) is 2.81. The fourth-order valence-electron chi connectivity index (χ4n) is 1.75. The predicted octanol–water partition coefficient (Wildman–Crippen LogP) is 1.81. The molecule has 7 nitrogen and oxygen atoms in total. The highest BCUT2D eigenvalue weighted by molar-refractivity contribution is 5.98. The van der Waals surface area contributed by atoms with Gasteiger partial charge in [-0.2, -0.15) is 0 Å². The van der Waals surface area contributed by atoms with Crippen LogP contribution in [0.3, 0.4) is 0 Å². The Hall–Kier alpha value is -2.57. The number of anilines is 1. The molecule has 0 saturated carbocycles. The van der Waals surface area contributed by atoms with Crippen LogP contribution in [-0.4, -0.2) is 35.1 Å².